The van der Waals surface area contributed by atoms with Crippen LogP contribution < -0.4 is 14.8 Å². The summed E-state index contributed by atoms with van der Waals surface area (Å²) in [6.07, 6.45) is -5.06. The van der Waals surface area contributed by atoms with Crippen molar-refractivity contribution in [2.75, 3.05) is 13.2 Å². The average Bonchev–Trinajstić information content (AvgIpc) is 2.58. The lowest BCUT2D eigenvalue weighted by Gasteiger charge is -2.26. The molecule has 1 N–H and O–H groups in total. The monoisotopic (exact) mass is 337 g/mol. The largest absolute Gasteiger partial charge is 0.486 e. The first-order valence-electron chi connectivity index (χ1n) is 7.28. The van der Waals surface area contributed by atoms with Crippen molar-refractivity contribution >= 4 is 5.91 Å². The molecule has 0 aliphatic carbocycles. The molecule has 0 radical (unpaired) electrons. The third-order valence-corrected chi connectivity index (χ3v) is 3.53. The van der Waals surface area contributed by atoms with Crippen molar-refractivity contribution in [2.45, 2.75) is 12.3 Å². The molecule has 1 aliphatic heterocycles. The second-order valence-corrected chi connectivity index (χ2v) is 5.25. The molecule has 1 amide bonds. The molecule has 0 aromatic heterocycles. The molecule has 7 heteroatoms. The highest BCUT2D eigenvalue weighted by atomic mass is 19.4. The fraction of sp³-hybridized carbons (Fsp3) is 0.235. The van der Waals surface area contributed by atoms with Crippen molar-refractivity contribution in [2.24, 2.45) is 0 Å². The second kappa shape index (κ2) is 6.43. The molecular weight excluding hydrogens is 323 g/mol. The molecule has 1 aliphatic rings. The van der Waals surface area contributed by atoms with Crippen LogP contribution in [0.5, 0.6) is 11.5 Å². The van der Waals surface area contributed by atoms with Crippen LogP contribution in [0.2, 0.25) is 0 Å². The first-order chi connectivity index (χ1) is 11.4. The van der Waals surface area contributed by atoms with Crippen LogP contribution in [0.1, 0.15) is 15.9 Å². The summed E-state index contributed by atoms with van der Waals surface area (Å²) in [5.41, 5.74) is -1.38. The molecule has 1 heterocycles. The van der Waals surface area contributed by atoms with Crippen LogP contribution in [-0.4, -0.2) is 25.2 Å². The van der Waals surface area contributed by atoms with E-state index in [1.807, 2.05) is 0 Å². The predicted molar refractivity (Wildman–Crippen MR) is 80.1 cm³/mol. The second-order valence-electron chi connectivity index (χ2n) is 5.25. The zero-order valence-electron chi connectivity index (χ0n) is 12.5. The number of benzene rings is 2. The standard InChI is InChI=1S/C17H14F3NO3/c18-17(19,20)13-6-2-1-5-12(13)16(22)21-9-11-10-23-14-7-3-4-8-15(14)24-11/h1-8,11H,9-10H2,(H,21,22)/t11-/m0/s1. The Bertz CT molecular complexity index is 746. The van der Waals surface area contributed by atoms with Crippen molar-refractivity contribution in [1.29, 1.82) is 0 Å². The van der Waals surface area contributed by atoms with Gasteiger partial charge in [-0.2, -0.15) is 13.2 Å². The summed E-state index contributed by atoms with van der Waals surface area (Å²) in [5.74, 6) is 0.339. The molecular formula is C17H14F3NO3. The zero-order chi connectivity index (χ0) is 17.2. The summed E-state index contributed by atoms with van der Waals surface area (Å²) in [6, 6.07) is 11.7. The summed E-state index contributed by atoms with van der Waals surface area (Å²) in [4.78, 5) is 12.1. The number of nitrogens with one attached hydrogen (secondary N) is 1. The third kappa shape index (κ3) is 3.45. The third-order valence-electron chi connectivity index (χ3n) is 3.53. The molecule has 0 fully saturated rings. The fourth-order valence-corrected chi connectivity index (χ4v) is 2.39. The summed E-state index contributed by atoms with van der Waals surface area (Å²) in [6.45, 7) is 0.248. The van der Waals surface area contributed by atoms with E-state index in [4.69, 9.17) is 9.47 Å². The Morgan fingerprint density at radius 3 is 2.50 bits per heavy atom. The van der Waals surface area contributed by atoms with Gasteiger partial charge in [-0.1, -0.05) is 24.3 Å². The van der Waals surface area contributed by atoms with Gasteiger partial charge < -0.3 is 14.8 Å². The van der Waals surface area contributed by atoms with Crippen LogP contribution in [-0.2, 0) is 6.18 Å². The van der Waals surface area contributed by atoms with Crippen LogP contribution in [0.4, 0.5) is 13.2 Å². The number of para-hydroxylation sites is 2. The minimum absolute atomic E-state index is 0.0410. The Balaban J connectivity index is 1.65. The van der Waals surface area contributed by atoms with Crippen LogP contribution in [0.25, 0.3) is 0 Å². The van der Waals surface area contributed by atoms with Crippen LogP contribution >= 0.6 is 0 Å². The van der Waals surface area contributed by atoms with Crippen LogP contribution in [0.15, 0.2) is 48.5 Å². The molecule has 3 rings (SSSR count). The minimum Gasteiger partial charge on any atom is -0.486 e. The lowest BCUT2D eigenvalue weighted by atomic mass is 10.1. The van der Waals surface area contributed by atoms with Gasteiger partial charge in [0, 0.05) is 0 Å². The van der Waals surface area contributed by atoms with Gasteiger partial charge in [0.15, 0.2) is 11.5 Å². The van der Waals surface area contributed by atoms with Crippen molar-refractivity contribution in [1.82, 2.24) is 5.32 Å². The number of carbonyl (C=O) groups is 1. The number of carbonyl (C=O) groups excluding carboxylic acids is 1. The smallest absolute Gasteiger partial charge is 0.417 e. The molecule has 1 atom stereocenters. The van der Waals surface area contributed by atoms with E-state index in [-0.39, 0.29) is 13.2 Å². The van der Waals surface area contributed by atoms with Gasteiger partial charge in [-0.05, 0) is 24.3 Å². The number of halogens is 3. The minimum atomic E-state index is -4.59. The Morgan fingerprint density at radius 2 is 1.75 bits per heavy atom. The maximum atomic E-state index is 12.9. The Kier molecular flexibility index (Phi) is 4.33. The highest BCUT2D eigenvalue weighted by Gasteiger charge is 2.35. The zero-order valence-corrected chi connectivity index (χ0v) is 12.5. The number of fused-ring (bicyclic) bond motifs is 1. The van der Waals surface area contributed by atoms with E-state index in [1.165, 1.54) is 12.1 Å². The fourth-order valence-electron chi connectivity index (χ4n) is 2.39. The van der Waals surface area contributed by atoms with Crippen molar-refractivity contribution in [3.8, 4) is 11.5 Å². The van der Waals surface area contributed by atoms with Gasteiger partial charge in [-0.15, -0.1) is 0 Å². The van der Waals surface area contributed by atoms with E-state index in [1.54, 1.807) is 24.3 Å². The predicted octanol–water partition coefficient (Wildman–Crippen LogP) is 3.28. The topological polar surface area (TPSA) is 47.6 Å². The summed E-state index contributed by atoms with van der Waals surface area (Å²) in [7, 11) is 0. The molecule has 2 aromatic rings. The highest BCUT2D eigenvalue weighted by Crippen LogP contribution is 2.32. The Hall–Kier alpha value is -2.70. The Labute approximate surface area is 136 Å². The average molecular weight is 337 g/mol. The number of rotatable bonds is 3. The first-order valence-corrected chi connectivity index (χ1v) is 7.28. The van der Waals surface area contributed by atoms with Crippen LogP contribution in [0, 0.1) is 0 Å². The molecule has 4 nitrogen and oxygen atoms in total. The van der Waals surface area contributed by atoms with E-state index >= 15 is 0 Å². The maximum Gasteiger partial charge on any atom is 0.417 e. The van der Waals surface area contributed by atoms with Crippen LogP contribution in [0.3, 0.4) is 0 Å². The summed E-state index contributed by atoms with van der Waals surface area (Å²) < 4.78 is 50.0. The number of hydrogen-bond acceptors (Lipinski definition) is 3. The van der Waals surface area contributed by atoms with E-state index in [0.29, 0.717) is 11.5 Å². The molecule has 0 saturated carbocycles. The number of alkyl halides is 3. The number of ether oxygens (including phenoxy) is 2. The molecule has 24 heavy (non-hydrogen) atoms. The van der Waals surface area contributed by atoms with E-state index in [9.17, 15) is 18.0 Å². The molecule has 126 valence electrons. The molecule has 0 saturated heterocycles. The first kappa shape index (κ1) is 16.2. The molecule has 2 aromatic carbocycles. The Morgan fingerprint density at radius 1 is 1.08 bits per heavy atom. The van der Waals surface area contributed by atoms with Gasteiger partial charge in [0.05, 0.1) is 17.7 Å². The van der Waals surface area contributed by atoms with E-state index < -0.39 is 29.3 Å². The maximum absolute atomic E-state index is 12.9. The van der Waals surface area contributed by atoms with Gasteiger partial charge >= 0.3 is 6.18 Å². The molecule has 0 spiro atoms. The molecule has 0 bridgehead atoms. The van der Waals surface area contributed by atoms with Crippen molar-refractivity contribution in [3.05, 3.63) is 59.7 Å². The van der Waals surface area contributed by atoms with E-state index in [2.05, 4.69) is 5.32 Å². The normalized spacial score (nSPS) is 16.5. The highest BCUT2D eigenvalue weighted by molar-refractivity contribution is 5.95. The summed E-state index contributed by atoms with van der Waals surface area (Å²) >= 11 is 0. The lowest BCUT2D eigenvalue weighted by Crippen LogP contribution is -2.41. The SMILES string of the molecule is O=C(NC[C@H]1COc2ccccc2O1)c1ccccc1C(F)(F)F. The van der Waals surface area contributed by atoms with Crippen molar-refractivity contribution in [3.63, 3.8) is 0 Å². The summed E-state index contributed by atoms with van der Waals surface area (Å²) in [5, 5.41) is 2.47. The molecule has 0 unspecified atom stereocenters. The van der Waals surface area contributed by atoms with Gasteiger partial charge in [0.1, 0.15) is 12.7 Å². The van der Waals surface area contributed by atoms with Gasteiger partial charge in [0.2, 0.25) is 0 Å². The quantitative estimate of drug-likeness (QED) is 0.935. The van der Waals surface area contributed by atoms with Crippen molar-refractivity contribution < 1.29 is 27.4 Å². The lowest BCUT2D eigenvalue weighted by molar-refractivity contribution is -0.137. The van der Waals surface area contributed by atoms with Gasteiger partial charge in [-0.3, -0.25) is 4.79 Å². The van der Waals surface area contributed by atoms with Gasteiger partial charge in [-0.25, -0.2) is 0 Å². The number of hydrogen-bond donors (Lipinski definition) is 1. The van der Waals surface area contributed by atoms with E-state index in [0.717, 1.165) is 12.1 Å². The van der Waals surface area contributed by atoms with Gasteiger partial charge in [0.25, 0.3) is 5.91 Å². The number of amides is 1.